The zero-order chi connectivity index (χ0) is 18.5. The summed E-state index contributed by atoms with van der Waals surface area (Å²) >= 11 is 0. The van der Waals surface area contributed by atoms with Gasteiger partial charge < -0.3 is 10.2 Å². The van der Waals surface area contributed by atoms with Gasteiger partial charge in [-0.25, -0.2) is 0 Å². The van der Waals surface area contributed by atoms with Crippen LogP contribution in [0.3, 0.4) is 0 Å². The van der Waals surface area contributed by atoms with Crippen molar-refractivity contribution in [2.75, 3.05) is 31.5 Å². The number of anilines is 1. The predicted octanol–water partition coefficient (Wildman–Crippen LogP) is 4.54. The molecule has 0 bridgehead atoms. The number of piperidine rings is 2. The molecule has 2 fully saturated rings. The molecule has 2 aromatic rings. The summed E-state index contributed by atoms with van der Waals surface area (Å²) in [6, 6.07) is 21.1. The van der Waals surface area contributed by atoms with Crippen molar-refractivity contribution in [1.82, 2.24) is 9.80 Å². The topological polar surface area (TPSA) is 18.5 Å². The van der Waals surface area contributed by atoms with Gasteiger partial charge in [0.15, 0.2) is 0 Å². The third-order valence-corrected chi connectivity index (χ3v) is 6.24. The zero-order valence-electron chi connectivity index (χ0n) is 16.6. The van der Waals surface area contributed by atoms with Gasteiger partial charge in [-0.1, -0.05) is 42.5 Å². The Labute approximate surface area is 164 Å². The van der Waals surface area contributed by atoms with Crippen LogP contribution in [0, 0.1) is 6.92 Å². The summed E-state index contributed by atoms with van der Waals surface area (Å²) in [5.74, 6) is 0. The first kappa shape index (κ1) is 18.5. The Bertz CT molecular complexity index is 699. The van der Waals surface area contributed by atoms with Crippen LogP contribution in [0.4, 0.5) is 5.69 Å². The van der Waals surface area contributed by atoms with Crippen LogP contribution < -0.4 is 5.32 Å². The summed E-state index contributed by atoms with van der Waals surface area (Å²) in [4.78, 5) is 5.38. The molecule has 0 saturated carbocycles. The van der Waals surface area contributed by atoms with E-state index in [-0.39, 0.29) is 0 Å². The van der Waals surface area contributed by atoms with Crippen LogP contribution in [0.5, 0.6) is 0 Å². The molecule has 0 unspecified atom stereocenters. The van der Waals surface area contributed by atoms with Gasteiger partial charge in [0.25, 0.3) is 0 Å². The van der Waals surface area contributed by atoms with Crippen LogP contribution in [0.25, 0.3) is 0 Å². The van der Waals surface area contributed by atoms with E-state index in [4.69, 9.17) is 0 Å². The monoisotopic (exact) mass is 363 g/mol. The number of nitrogens with one attached hydrogen (secondary N) is 1. The Morgan fingerprint density at radius 1 is 0.852 bits per heavy atom. The second kappa shape index (κ2) is 8.90. The molecule has 2 aliphatic rings. The molecule has 2 aliphatic heterocycles. The predicted molar refractivity (Wildman–Crippen MR) is 114 cm³/mol. The van der Waals surface area contributed by atoms with Crippen LogP contribution >= 0.6 is 0 Å². The maximum absolute atomic E-state index is 3.74. The number of rotatable bonds is 5. The van der Waals surface area contributed by atoms with Crippen LogP contribution in [0.2, 0.25) is 0 Å². The number of nitrogens with zero attached hydrogens (tertiary/aromatic N) is 2. The normalized spacial score (nSPS) is 20.6. The lowest BCUT2D eigenvalue weighted by atomic mass is 9.97. The van der Waals surface area contributed by atoms with Crippen LogP contribution in [-0.2, 0) is 6.54 Å². The molecular weight excluding hydrogens is 330 g/mol. The molecule has 2 heterocycles. The highest BCUT2D eigenvalue weighted by atomic mass is 15.2. The van der Waals surface area contributed by atoms with Gasteiger partial charge in [-0.2, -0.15) is 0 Å². The fourth-order valence-corrected chi connectivity index (χ4v) is 4.66. The first-order valence-corrected chi connectivity index (χ1v) is 10.6. The fraction of sp³-hybridized carbons (Fsp3) is 0.500. The van der Waals surface area contributed by atoms with E-state index in [0.29, 0.717) is 6.04 Å². The summed E-state index contributed by atoms with van der Waals surface area (Å²) in [7, 11) is 0. The minimum Gasteiger partial charge on any atom is -0.382 e. The van der Waals surface area contributed by atoms with E-state index in [0.717, 1.165) is 12.6 Å². The Morgan fingerprint density at radius 3 is 2.30 bits per heavy atom. The van der Waals surface area contributed by atoms with Gasteiger partial charge in [-0.3, -0.25) is 4.90 Å². The molecule has 0 amide bonds. The number of aryl methyl sites for hydroxylation is 1. The van der Waals surface area contributed by atoms with E-state index in [9.17, 15) is 0 Å². The third-order valence-electron chi connectivity index (χ3n) is 6.24. The highest BCUT2D eigenvalue weighted by Gasteiger charge is 2.28. The van der Waals surface area contributed by atoms with E-state index in [1.165, 1.54) is 68.7 Å². The Morgan fingerprint density at radius 2 is 1.59 bits per heavy atom. The average molecular weight is 364 g/mol. The van der Waals surface area contributed by atoms with Gasteiger partial charge in [-0.05, 0) is 69.0 Å². The summed E-state index contributed by atoms with van der Waals surface area (Å²) in [5.41, 5.74) is 4.06. The van der Waals surface area contributed by atoms with Crippen LogP contribution in [0.15, 0.2) is 54.6 Å². The smallest absolute Gasteiger partial charge is 0.0344 e. The Balaban J connectivity index is 1.20. The van der Waals surface area contributed by atoms with Gasteiger partial charge >= 0.3 is 0 Å². The summed E-state index contributed by atoms with van der Waals surface area (Å²) in [5, 5.41) is 3.74. The maximum atomic E-state index is 3.74. The molecule has 0 spiro atoms. The number of likely N-dealkylation sites (tertiary alicyclic amines) is 2. The zero-order valence-corrected chi connectivity index (χ0v) is 16.6. The standard InChI is InChI=1S/C24H33N3/c1-20-6-5-9-23(18-20)25-22-10-16-27(17-11-22)24-12-14-26(15-13-24)19-21-7-3-2-4-8-21/h2-9,18,22,24-25H,10-17,19H2,1H3. The fourth-order valence-electron chi connectivity index (χ4n) is 4.66. The van der Waals surface area contributed by atoms with Gasteiger partial charge in [0.05, 0.1) is 0 Å². The van der Waals surface area contributed by atoms with E-state index in [1.54, 1.807) is 0 Å². The van der Waals surface area contributed by atoms with E-state index < -0.39 is 0 Å². The van der Waals surface area contributed by atoms with Crippen molar-refractivity contribution in [3.8, 4) is 0 Å². The molecule has 0 atom stereocenters. The minimum absolute atomic E-state index is 0.626. The van der Waals surface area contributed by atoms with E-state index in [1.807, 2.05) is 0 Å². The molecule has 0 radical (unpaired) electrons. The average Bonchev–Trinajstić information content (AvgIpc) is 2.70. The molecular formula is C24H33N3. The molecule has 1 N–H and O–H groups in total. The minimum atomic E-state index is 0.626. The second-order valence-corrected chi connectivity index (χ2v) is 8.32. The van der Waals surface area contributed by atoms with Gasteiger partial charge in [0.1, 0.15) is 0 Å². The molecule has 4 rings (SSSR count). The number of hydrogen-bond donors (Lipinski definition) is 1. The molecule has 3 nitrogen and oxygen atoms in total. The first-order valence-electron chi connectivity index (χ1n) is 10.6. The lowest BCUT2D eigenvalue weighted by Gasteiger charge is -2.42. The third kappa shape index (κ3) is 5.12. The molecule has 2 aromatic carbocycles. The lowest BCUT2D eigenvalue weighted by Crippen LogP contribution is -2.49. The van der Waals surface area contributed by atoms with Crippen molar-refractivity contribution in [3.05, 3.63) is 65.7 Å². The molecule has 2 saturated heterocycles. The van der Waals surface area contributed by atoms with Crippen LogP contribution in [-0.4, -0.2) is 48.1 Å². The maximum Gasteiger partial charge on any atom is 0.0344 e. The Kier molecular flexibility index (Phi) is 6.10. The molecule has 27 heavy (non-hydrogen) atoms. The van der Waals surface area contributed by atoms with Crippen molar-refractivity contribution in [2.24, 2.45) is 0 Å². The number of hydrogen-bond acceptors (Lipinski definition) is 3. The van der Waals surface area contributed by atoms with Gasteiger partial charge in [-0.15, -0.1) is 0 Å². The van der Waals surface area contributed by atoms with Crippen molar-refractivity contribution >= 4 is 5.69 Å². The summed E-state index contributed by atoms with van der Waals surface area (Å²) in [6.45, 7) is 8.23. The molecule has 3 heteroatoms. The lowest BCUT2D eigenvalue weighted by molar-refractivity contribution is 0.0869. The summed E-state index contributed by atoms with van der Waals surface area (Å²) in [6.07, 6.45) is 5.17. The van der Waals surface area contributed by atoms with E-state index in [2.05, 4.69) is 76.6 Å². The first-order chi connectivity index (χ1) is 13.3. The molecule has 0 aliphatic carbocycles. The van der Waals surface area contributed by atoms with Gasteiger partial charge in [0, 0.05) is 37.4 Å². The largest absolute Gasteiger partial charge is 0.382 e. The highest BCUT2D eigenvalue weighted by molar-refractivity contribution is 5.46. The van der Waals surface area contributed by atoms with Crippen molar-refractivity contribution < 1.29 is 0 Å². The molecule has 0 aromatic heterocycles. The van der Waals surface area contributed by atoms with Gasteiger partial charge in [0.2, 0.25) is 0 Å². The summed E-state index contributed by atoms with van der Waals surface area (Å²) < 4.78 is 0. The second-order valence-electron chi connectivity index (χ2n) is 8.32. The Hall–Kier alpha value is -1.84. The highest BCUT2D eigenvalue weighted by Crippen LogP contribution is 2.24. The number of benzene rings is 2. The quantitative estimate of drug-likeness (QED) is 0.842. The SMILES string of the molecule is Cc1cccc(NC2CCN(C3CCN(Cc4ccccc4)CC3)CC2)c1. The van der Waals surface area contributed by atoms with Crippen molar-refractivity contribution in [2.45, 2.75) is 51.2 Å². The van der Waals surface area contributed by atoms with Crippen molar-refractivity contribution in [1.29, 1.82) is 0 Å². The van der Waals surface area contributed by atoms with Crippen molar-refractivity contribution in [3.63, 3.8) is 0 Å². The van der Waals surface area contributed by atoms with E-state index >= 15 is 0 Å². The van der Waals surface area contributed by atoms with Crippen LogP contribution in [0.1, 0.15) is 36.8 Å². The molecule has 144 valence electrons.